The van der Waals surface area contributed by atoms with Crippen molar-refractivity contribution in [3.63, 3.8) is 0 Å². The molecular formula is C18H12N2O4S2. The summed E-state index contributed by atoms with van der Waals surface area (Å²) in [6, 6.07) is 13.3. The van der Waals surface area contributed by atoms with E-state index >= 15 is 0 Å². The minimum absolute atomic E-state index is 0.00654. The van der Waals surface area contributed by atoms with Crippen LogP contribution in [0.2, 0.25) is 0 Å². The number of oxazole rings is 1. The van der Waals surface area contributed by atoms with Crippen molar-refractivity contribution in [2.75, 3.05) is 0 Å². The number of nitrogens with zero attached hydrogens (tertiary/aromatic N) is 1. The van der Waals surface area contributed by atoms with Crippen LogP contribution >= 0.6 is 11.3 Å². The standard InChI is InChI=1S/C18H12N2O4S2/c19-26(22,23)12-7-5-11(6-8-12)17-15(18-20-9-10-24-18)16(21)13-3-1-2-4-14(13)25-17/h1-10H,(H2,19,22,23). The third-order valence-electron chi connectivity index (χ3n) is 3.89. The number of sulfonamides is 1. The molecule has 0 saturated carbocycles. The van der Waals surface area contributed by atoms with Crippen molar-refractivity contribution < 1.29 is 12.8 Å². The van der Waals surface area contributed by atoms with E-state index in [1.165, 1.54) is 35.9 Å². The average Bonchev–Trinajstić information content (AvgIpc) is 3.15. The number of primary sulfonamides is 1. The Balaban J connectivity index is 2.03. The molecule has 0 fully saturated rings. The van der Waals surface area contributed by atoms with E-state index in [9.17, 15) is 13.2 Å². The van der Waals surface area contributed by atoms with Crippen LogP contribution in [0.1, 0.15) is 0 Å². The van der Waals surface area contributed by atoms with Crippen molar-refractivity contribution in [3.8, 4) is 21.9 Å². The Morgan fingerprint density at radius 3 is 2.42 bits per heavy atom. The Bertz CT molecular complexity index is 1260. The summed E-state index contributed by atoms with van der Waals surface area (Å²) in [5.41, 5.74) is 0.841. The van der Waals surface area contributed by atoms with Crippen molar-refractivity contribution >= 4 is 31.4 Å². The number of hydrogen-bond acceptors (Lipinski definition) is 6. The Morgan fingerprint density at radius 1 is 1.04 bits per heavy atom. The van der Waals surface area contributed by atoms with Gasteiger partial charge in [0.2, 0.25) is 21.3 Å². The van der Waals surface area contributed by atoms with Crippen LogP contribution in [-0.2, 0) is 10.0 Å². The third-order valence-corrected chi connectivity index (χ3v) is 6.04. The van der Waals surface area contributed by atoms with Crippen LogP contribution < -0.4 is 10.6 Å². The lowest BCUT2D eigenvalue weighted by molar-refractivity contribution is 0.574. The molecule has 8 heteroatoms. The molecule has 0 aliphatic heterocycles. The zero-order valence-corrected chi connectivity index (χ0v) is 14.9. The molecule has 0 radical (unpaired) electrons. The van der Waals surface area contributed by atoms with Gasteiger partial charge in [-0.2, -0.15) is 0 Å². The van der Waals surface area contributed by atoms with Gasteiger partial charge in [0.1, 0.15) is 11.8 Å². The van der Waals surface area contributed by atoms with Gasteiger partial charge in [0.15, 0.2) is 0 Å². The molecule has 0 aliphatic carbocycles. The lowest BCUT2D eigenvalue weighted by Gasteiger charge is -2.09. The summed E-state index contributed by atoms with van der Waals surface area (Å²) in [4.78, 5) is 17.8. The predicted molar refractivity (Wildman–Crippen MR) is 100 cm³/mol. The zero-order chi connectivity index (χ0) is 18.3. The summed E-state index contributed by atoms with van der Waals surface area (Å²) >= 11 is 1.41. The minimum atomic E-state index is -3.79. The topological polar surface area (TPSA) is 103 Å². The van der Waals surface area contributed by atoms with Gasteiger partial charge in [-0.05, 0) is 29.8 Å². The first kappa shape index (κ1) is 16.6. The maximum Gasteiger partial charge on any atom is 0.238 e. The molecule has 4 rings (SSSR count). The summed E-state index contributed by atoms with van der Waals surface area (Å²) < 4.78 is 29.1. The van der Waals surface area contributed by atoms with Gasteiger partial charge in [0.05, 0.1) is 16.0 Å². The second-order valence-electron chi connectivity index (χ2n) is 5.54. The van der Waals surface area contributed by atoms with E-state index in [1.807, 2.05) is 12.1 Å². The van der Waals surface area contributed by atoms with E-state index in [2.05, 4.69) is 4.98 Å². The van der Waals surface area contributed by atoms with Crippen molar-refractivity contribution in [1.82, 2.24) is 4.98 Å². The van der Waals surface area contributed by atoms with E-state index < -0.39 is 10.0 Å². The molecular weight excluding hydrogens is 372 g/mol. The van der Waals surface area contributed by atoms with Gasteiger partial charge in [-0.25, -0.2) is 18.5 Å². The molecule has 0 saturated heterocycles. The molecule has 2 N–H and O–H groups in total. The first-order valence-corrected chi connectivity index (χ1v) is 9.90. The summed E-state index contributed by atoms with van der Waals surface area (Å²) in [7, 11) is -3.79. The highest BCUT2D eigenvalue weighted by Crippen LogP contribution is 2.36. The van der Waals surface area contributed by atoms with Gasteiger partial charge >= 0.3 is 0 Å². The zero-order valence-electron chi connectivity index (χ0n) is 13.2. The fourth-order valence-electron chi connectivity index (χ4n) is 2.68. The monoisotopic (exact) mass is 384 g/mol. The molecule has 6 nitrogen and oxygen atoms in total. The Labute approximate surface area is 152 Å². The number of hydrogen-bond donors (Lipinski definition) is 1. The van der Waals surface area contributed by atoms with Gasteiger partial charge in [0, 0.05) is 10.1 Å². The van der Waals surface area contributed by atoms with Crippen LogP contribution in [0.5, 0.6) is 0 Å². The quantitative estimate of drug-likeness (QED) is 0.584. The van der Waals surface area contributed by atoms with Crippen molar-refractivity contribution in [2.45, 2.75) is 4.90 Å². The Hall–Kier alpha value is -2.81. The number of nitrogens with two attached hydrogens (primary N) is 1. The number of aromatic nitrogens is 1. The van der Waals surface area contributed by atoms with E-state index in [-0.39, 0.29) is 16.2 Å². The Kier molecular flexibility index (Phi) is 3.95. The summed E-state index contributed by atoms with van der Waals surface area (Å²) in [6.45, 7) is 0. The molecule has 26 heavy (non-hydrogen) atoms. The molecule has 2 aromatic heterocycles. The average molecular weight is 384 g/mol. The second kappa shape index (κ2) is 6.17. The molecule has 0 amide bonds. The molecule has 0 unspecified atom stereocenters. The van der Waals surface area contributed by atoms with Crippen molar-refractivity contribution in [2.24, 2.45) is 5.14 Å². The van der Waals surface area contributed by atoms with Gasteiger partial charge in [0.25, 0.3) is 0 Å². The van der Waals surface area contributed by atoms with E-state index in [0.717, 1.165) is 4.70 Å². The molecule has 2 heterocycles. The number of fused-ring (bicyclic) bond motifs is 1. The first-order chi connectivity index (χ1) is 12.4. The predicted octanol–water partition coefficient (Wildman–Crippen LogP) is 3.23. The fourth-order valence-corrected chi connectivity index (χ4v) is 4.37. The number of rotatable bonds is 3. The molecule has 0 atom stereocenters. The smallest absolute Gasteiger partial charge is 0.238 e. The van der Waals surface area contributed by atoms with Crippen LogP contribution in [0.3, 0.4) is 0 Å². The normalized spacial score (nSPS) is 11.7. The van der Waals surface area contributed by atoms with Gasteiger partial charge in [-0.15, -0.1) is 11.3 Å². The second-order valence-corrected chi connectivity index (χ2v) is 8.15. The molecule has 4 aromatic rings. The molecule has 0 aliphatic rings. The van der Waals surface area contributed by atoms with Crippen LogP contribution in [0.4, 0.5) is 0 Å². The van der Waals surface area contributed by atoms with Crippen LogP contribution in [0.15, 0.2) is 75.1 Å². The summed E-state index contributed by atoms with van der Waals surface area (Å²) in [5.74, 6) is 0.225. The lowest BCUT2D eigenvalue weighted by Crippen LogP contribution is -2.11. The maximum absolute atomic E-state index is 13.0. The lowest BCUT2D eigenvalue weighted by atomic mass is 10.1. The molecule has 2 aromatic carbocycles. The van der Waals surface area contributed by atoms with E-state index in [1.54, 1.807) is 24.3 Å². The largest absolute Gasteiger partial charge is 0.444 e. The highest BCUT2D eigenvalue weighted by molar-refractivity contribution is 7.89. The minimum Gasteiger partial charge on any atom is -0.444 e. The fraction of sp³-hybridized carbons (Fsp3) is 0. The molecule has 130 valence electrons. The van der Waals surface area contributed by atoms with E-state index in [0.29, 0.717) is 21.4 Å². The summed E-state index contributed by atoms with van der Waals surface area (Å²) in [6.07, 6.45) is 2.88. The third kappa shape index (κ3) is 2.84. The SMILES string of the molecule is NS(=O)(=O)c1ccc(-c2sc3ccccc3c(=O)c2-c2ncco2)cc1. The highest BCUT2D eigenvalue weighted by atomic mass is 32.2. The van der Waals surface area contributed by atoms with Crippen molar-refractivity contribution in [3.05, 3.63) is 71.2 Å². The Morgan fingerprint density at radius 2 is 1.77 bits per heavy atom. The van der Waals surface area contributed by atoms with Gasteiger partial charge in [-0.3, -0.25) is 4.79 Å². The van der Waals surface area contributed by atoms with Crippen LogP contribution in [0.25, 0.3) is 32.0 Å². The highest BCUT2D eigenvalue weighted by Gasteiger charge is 2.19. The first-order valence-electron chi connectivity index (χ1n) is 7.54. The van der Waals surface area contributed by atoms with Gasteiger partial charge in [-0.1, -0.05) is 24.3 Å². The molecule has 0 bridgehead atoms. The van der Waals surface area contributed by atoms with Gasteiger partial charge < -0.3 is 4.42 Å². The molecule has 0 spiro atoms. The van der Waals surface area contributed by atoms with Crippen LogP contribution in [0, 0.1) is 0 Å². The summed E-state index contributed by atoms with van der Waals surface area (Å²) in [5, 5.41) is 5.73. The van der Waals surface area contributed by atoms with Crippen LogP contribution in [-0.4, -0.2) is 13.4 Å². The maximum atomic E-state index is 13.0. The van der Waals surface area contributed by atoms with E-state index in [4.69, 9.17) is 9.56 Å². The number of benzene rings is 2. The van der Waals surface area contributed by atoms with Crippen molar-refractivity contribution in [1.29, 1.82) is 0 Å².